The van der Waals surface area contributed by atoms with Crippen molar-refractivity contribution in [3.63, 3.8) is 0 Å². The van der Waals surface area contributed by atoms with Crippen LogP contribution in [0.5, 0.6) is 0 Å². The van der Waals surface area contributed by atoms with E-state index in [1.165, 1.54) is 10.7 Å². The molecule has 4 rings (SSSR count). The van der Waals surface area contributed by atoms with Gasteiger partial charge in [0.15, 0.2) is 5.82 Å². The Hall–Kier alpha value is -2.90. The molecular formula is C18H19FN4O3. The molecule has 2 amide bonds. The smallest absolute Gasteiger partial charge is 0.410 e. The molecule has 0 aliphatic carbocycles. The van der Waals surface area contributed by atoms with E-state index in [0.29, 0.717) is 31.1 Å². The topological polar surface area (TPSA) is 76.5 Å². The van der Waals surface area contributed by atoms with Gasteiger partial charge in [-0.15, -0.1) is 5.10 Å². The Morgan fingerprint density at radius 3 is 3.04 bits per heavy atom. The number of cyclic esters (lactones) is 1. The number of halogens is 1. The predicted molar refractivity (Wildman–Crippen MR) is 91.3 cm³/mol. The van der Waals surface area contributed by atoms with Gasteiger partial charge in [0.1, 0.15) is 18.1 Å². The van der Waals surface area contributed by atoms with E-state index in [9.17, 15) is 14.0 Å². The summed E-state index contributed by atoms with van der Waals surface area (Å²) >= 11 is 0. The van der Waals surface area contributed by atoms with Crippen LogP contribution < -0.4 is 5.32 Å². The van der Waals surface area contributed by atoms with E-state index < -0.39 is 0 Å². The van der Waals surface area contributed by atoms with Crippen molar-refractivity contribution in [3.05, 3.63) is 42.3 Å². The van der Waals surface area contributed by atoms with Crippen molar-refractivity contribution in [1.82, 2.24) is 14.7 Å². The zero-order valence-corrected chi connectivity index (χ0v) is 14.1. The number of ether oxygens (including phenoxy) is 1. The standard InChI is InChI=1S/C18H19FN4O3/c19-14-3-1-2-4-15(14)23-8-6-16(21-23)20-17(24)10-12-5-7-22-13(9-12)11-26-18(22)25/h1-4,6,8,12-13H,5,7,9-11H2,(H,20,21,24)/t12-,13+/m0/s1. The predicted octanol–water partition coefficient (Wildman–Crippen LogP) is 2.57. The normalized spacial score (nSPS) is 22.0. The van der Waals surface area contributed by atoms with Gasteiger partial charge in [-0.25, -0.2) is 13.9 Å². The van der Waals surface area contributed by atoms with Crippen molar-refractivity contribution in [1.29, 1.82) is 0 Å². The Bertz CT molecular complexity index is 837. The zero-order chi connectivity index (χ0) is 18.1. The first-order valence-corrected chi connectivity index (χ1v) is 8.64. The van der Waals surface area contributed by atoms with Gasteiger partial charge in [0.05, 0.1) is 6.04 Å². The molecule has 1 aromatic heterocycles. The van der Waals surface area contributed by atoms with Crippen molar-refractivity contribution >= 4 is 17.8 Å². The Morgan fingerprint density at radius 1 is 1.35 bits per heavy atom. The average molecular weight is 358 g/mol. The largest absolute Gasteiger partial charge is 0.447 e. The number of aromatic nitrogens is 2. The Morgan fingerprint density at radius 2 is 2.19 bits per heavy atom. The Labute approximate surface area is 149 Å². The van der Waals surface area contributed by atoms with Gasteiger partial charge in [-0.2, -0.15) is 0 Å². The molecule has 0 saturated carbocycles. The van der Waals surface area contributed by atoms with Gasteiger partial charge in [-0.1, -0.05) is 12.1 Å². The number of hydrogen-bond donors (Lipinski definition) is 1. The number of para-hydroxylation sites is 1. The van der Waals surface area contributed by atoms with Crippen LogP contribution >= 0.6 is 0 Å². The molecule has 3 heterocycles. The minimum absolute atomic E-state index is 0.0781. The highest BCUT2D eigenvalue weighted by Crippen LogP contribution is 2.29. The van der Waals surface area contributed by atoms with E-state index >= 15 is 0 Å². The van der Waals surface area contributed by atoms with Crippen LogP contribution in [-0.4, -0.2) is 45.9 Å². The molecule has 2 aliphatic heterocycles. The third kappa shape index (κ3) is 3.26. The van der Waals surface area contributed by atoms with Crippen LogP contribution in [0, 0.1) is 11.7 Å². The maximum atomic E-state index is 13.8. The minimum atomic E-state index is -0.381. The second kappa shape index (κ2) is 6.78. The number of amides is 2. The molecule has 26 heavy (non-hydrogen) atoms. The summed E-state index contributed by atoms with van der Waals surface area (Å²) in [5.41, 5.74) is 0.325. The van der Waals surface area contributed by atoms with E-state index in [2.05, 4.69) is 10.4 Å². The number of nitrogens with one attached hydrogen (secondary N) is 1. The van der Waals surface area contributed by atoms with Gasteiger partial charge in [0, 0.05) is 25.2 Å². The lowest BCUT2D eigenvalue weighted by molar-refractivity contribution is -0.117. The molecule has 2 atom stereocenters. The molecule has 0 unspecified atom stereocenters. The number of benzene rings is 1. The number of fused-ring (bicyclic) bond motifs is 1. The number of hydrogen-bond acceptors (Lipinski definition) is 4. The summed E-state index contributed by atoms with van der Waals surface area (Å²) in [6.07, 6.45) is 3.27. The highest BCUT2D eigenvalue weighted by atomic mass is 19.1. The molecule has 1 N–H and O–H groups in total. The summed E-state index contributed by atoms with van der Waals surface area (Å²) in [6.45, 7) is 1.04. The Balaban J connectivity index is 1.34. The third-order valence-corrected chi connectivity index (χ3v) is 4.89. The lowest BCUT2D eigenvalue weighted by atomic mass is 9.89. The molecule has 0 radical (unpaired) electrons. The molecule has 0 bridgehead atoms. The maximum Gasteiger partial charge on any atom is 0.410 e. The highest BCUT2D eigenvalue weighted by Gasteiger charge is 2.38. The summed E-state index contributed by atoms with van der Waals surface area (Å²) in [7, 11) is 0. The van der Waals surface area contributed by atoms with Crippen LogP contribution in [0.15, 0.2) is 36.5 Å². The number of carbonyl (C=O) groups is 2. The molecule has 136 valence electrons. The van der Waals surface area contributed by atoms with Crippen LogP contribution in [0.2, 0.25) is 0 Å². The molecule has 2 fully saturated rings. The Kier molecular flexibility index (Phi) is 4.32. The minimum Gasteiger partial charge on any atom is -0.447 e. The van der Waals surface area contributed by atoms with Crippen molar-refractivity contribution in [2.24, 2.45) is 5.92 Å². The summed E-state index contributed by atoms with van der Waals surface area (Å²) < 4.78 is 20.2. The van der Waals surface area contributed by atoms with Gasteiger partial charge < -0.3 is 15.0 Å². The molecule has 2 saturated heterocycles. The highest BCUT2D eigenvalue weighted by molar-refractivity contribution is 5.89. The second-order valence-corrected chi connectivity index (χ2v) is 6.66. The summed E-state index contributed by atoms with van der Waals surface area (Å²) in [6, 6.07) is 8.03. The lowest BCUT2D eigenvalue weighted by Gasteiger charge is -2.31. The SMILES string of the molecule is O=C(C[C@H]1CCN2C(=O)OC[C@H]2C1)Nc1ccn(-c2ccccc2F)n1. The third-order valence-electron chi connectivity index (χ3n) is 4.89. The number of carbonyl (C=O) groups excluding carboxylic acids is 2. The fraction of sp³-hybridized carbons (Fsp3) is 0.389. The first-order valence-electron chi connectivity index (χ1n) is 8.64. The maximum absolute atomic E-state index is 13.8. The number of piperidine rings is 1. The first kappa shape index (κ1) is 16.6. The molecule has 7 nitrogen and oxygen atoms in total. The first-order chi connectivity index (χ1) is 12.6. The van der Waals surface area contributed by atoms with Crippen LogP contribution in [0.3, 0.4) is 0 Å². The number of nitrogens with zero attached hydrogens (tertiary/aromatic N) is 3. The van der Waals surface area contributed by atoms with Gasteiger partial charge in [0.2, 0.25) is 5.91 Å². The van der Waals surface area contributed by atoms with Crippen molar-refractivity contribution in [2.45, 2.75) is 25.3 Å². The lowest BCUT2D eigenvalue weighted by Crippen LogP contribution is -2.41. The molecular weight excluding hydrogens is 339 g/mol. The van der Waals surface area contributed by atoms with Crippen LogP contribution in [0.4, 0.5) is 15.0 Å². The van der Waals surface area contributed by atoms with Gasteiger partial charge in [0.25, 0.3) is 0 Å². The van der Waals surface area contributed by atoms with Crippen LogP contribution in [-0.2, 0) is 9.53 Å². The molecule has 1 aromatic carbocycles. The summed E-state index contributed by atoms with van der Waals surface area (Å²) in [5, 5.41) is 6.97. The van der Waals surface area contributed by atoms with Crippen LogP contribution in [0.1, 0.15) is 19.3 Å². The quantitative estimate of drug-likeness (QED) is 0.911. The van der Waals surface area contributed by atoms with Gasteiger partial charge in [-0.3, -0.25) is 4.79 Å². The summed E-state index contributed by atoms with van der Waals surface area (Å²) in [4.78, 5) is 25.6. The van der Waals surface area contributed by atoms with E-state index in [0.717, 1.165) is 12.8 Å². The fourth-order valence-corrected chi connectivity index (χ4v) is 3.59. The second-order valence-electron chi connectivity index (χ2n) is 6.66. The molecule has 0 spiro atoms. The number of anilines is 1. The van der Waals surface area contributed by atoms with E-state index in [-0.39, 0.29) is 29.8 Å². The monoisotopic (exact) mass is 358 g/mol. The van der Waals surface area contributed by atoms with Crippen molar-refractivity contribution in [2.75, 3.05) is 18.5 Å². The van der Waals surface area contributed by atoms with Crippen molar-refractivity contribution in [3.8, 4) is 5.69 Å². The molecule has 2 aromatic rings. The van der Waals surface area contributed by atoms with E-state index in [4.69, 9.17) is 4.74 Å². The van der Waals surface area contributed by atoms with Gasteiger partial charge in [-0.05, 0) is 30.9 Å². The summed E-state index contributed by atoms with van der Waals surface area (Å²) in [5.74, 6) is 0.0792. The fourth-order valence-electron chi connectivity index (χ4n) is 3.59. The zero-order valence-electron chi connectivity index (χ0n) is 14.1. The molecule has 8 heteroatoms. The van der Waals surface area contributed by atoms with E-state index in [1.54, 1.807) is 35.4 Å². The molecule has 2 aliphatic rings. The van der Waals surface area contributed by atoms with Crippen LogP contribution in [0.25, 0.3) is 5.69 Å². The van der Waals surface area contributed by atoms with Gasteiger partial charge >= 0.3 is 6.09 Å². The number of rotatable bonds is 4. The average Bonchev–Trinajstić information content (AvgIpc) is 3.22. The van der Waals surface area contributed by atoms with E-state index in [1.807, 2.05) is 0 Å². The van der Waals surface area contributed by atoms with Crippen molar-refractivity contribution < 1.29 is 18.7 Å².